The number of hydrogen-bond donors (Lipinski definition) is 1. The first-order valence-corrected chi connectivity index (χ1v) is 5.57. The fraction of sp³-hybridized carbons (Fsp3) is 0.125. The molecule has 5 nitrogen and oxygen atoms in total. The molecule has 0 fully saturated rings. The van der Waals surface area contributed by atoms with Gasteiger partial charge in [-0.15, -0.1) is 0 Å². The van der Waals surface area contributed by atoms with Gasteiger partial charge in [-0.25, -0.2) is 19.3 Å². The van der Waals surface area contributed by atoms with Crippen LogP contribution in [-0.2, 0) is 14.6 Å². The number of sulfone groups is 1. The first-order valence-electron chi connectivity index (χ1n) is 3.92. The lowest BCUT2D eigenvalue weighted by Gasteiger charge is -2.24. The molecule has 0 spiro atoms. The molecule has 0 aliphatic carbocycles. The number of nitrogens with two attached hydrogens (primary N) is 1. The normalized spacial score (nSPS) is 19.2. The maximum absolute atomic E-state index is 11.5. The summed E-state index contributed by atoms with van der Waals surface area (Å²) in [5.74, 6) is 4.27. The van der Waals surface area contributed by atoms with Crippen molar-refractivity contribution in [3.8, 4) is 0 Å². The summed E-state index contributed by atoms with van der Waals surface area (Å²) in [7, 11) is -3.50. The summed E-state index contributed by atoms with van der Waals surface area (Å²) in [6, 6.07) is 6.17. The predicted octanol–water partition coefficient (Wildman–Crippen LogP) is -0.319. The van der Waals surface area contributed by atoms with Crippen LogP contribution in [0.3, 0.4) is 0 Å². The van der Waals surface area contributed by atoms with Crippen LogP contribution >= 0.6 is 0 Å². The number of hydrogen-bond acceptors (Lipinski definition) is 4. The van der Waals surface area contributed by atoms with Crippen molar-refractivity contribution in [2.45, 2.75) is 4.90 Å². The van der Waals surface area contributed by atoms with Crippen molar-refractivity contribution in [2.24, 2.45) is 5.84 Å². The zero-order valence-electron chi connectivity index (χ0n) is 7.17. The third-order valence-corrected chi connectivity index (χ3v) is 3.68. The van der Waals surface area contributed by atoms with Gasteiger partial charge in [0.25, 0.3) is 5.91 Å². The molecule has 1 heterocycles. The van der Waals surface area contributed by atoms with E-state index in [0.29, 0.717) is 0 Å². The van der Waals surface area contributed by atoms with Gasteiger partial charge in [-0.05, 0) is 12.1 Å². The highest BCUT2D eigenvalue weighted by atomic mass is 32.2. The number of carbonyl (C=O) groups excluding carboxylic acids is 1. The van der Waals surface area contributed by atoms with Gasteiger partial charge in [0.1, 0.15) is 5.75 Å². The van der Waals surface area contributed by atoms with Gasteiger partial charge in [0.05, 0.1) is 10.6 Å². The summed E-state index contributed by atoms with van der Waals surface area (Å²) in [5.41, 5.74) is 0.240. The molecule has 2 rings (SSSR count). The van der Waals surface area contributed by atoms with Crippen molar-refractivity contribution in [1.82, 2.24) is 0 Å². The molecule has 2 N–H and O–H groups in total. The van der Waals surface area contributed by atoms with E-state index >= 15 is 0 Å². The van der Waals surface area contributed by atoms with Crippen molar-refractivity contribution in [3.63, 3.8) is 0 Å². The molecule has 0 saturated carbocycles. The quantitative estimate of drug-likeness (QED) is 0.472. The van der Waals surface area contributed by atoms with E-state index in [1.165, 1.54) is 12.1 Å². The van der Waals surface area contributed by atoms with E-state index in [1.54, 1.807) is 12.1 Å². The number of anilines is 1. The van der Waals surface area contributed by atoms with Crippen LogP contribution in [0.2, 0.25) is 0 Å². The van der Waals surface area contributed by atoms with Crippen LogP contribution in [0.4, 0.5) is 5.69 Å². The molecule has 1 aromatic rings. The minimum Gasteiger partial charge on any atom is -0.272 e. The zero-order chi connectivity index (χ0) is 10.3. The van der Waals surface area contributed by atoms with E-state index in [0.717, 1.165) is 5.01 Å². The Morgan fingerprint density at radius 2 is 1.93 bits per heavy atom. The summed E-state index contributed by atoms with van der Waals surface area (Å²) in [4.78, 5) is 11.3. The Hall–Kier alpha value is -1.40. The Kier molecular flexibility index (Phi) is 1.83. The fourth-order valence-corrected chi connectivity index (χ4v) is 2.75. The number of para-hydroxylation sites is 1. The Morgan fingerprint density at radius 3 is 2.64 bits per heavy atom. The van der Waals surface area contributed by atoms with Gasteiger partial charge in [-0.2, -0.15) is 0 Å². The molecule has 0 bridgehead atoms. The molecule has 14 heavy (non-hydrogen) atoms. The average molecular weight is 212 g/mol. The van der Waals surface area contributed by atoms with Gasteiger partial charge in [-0.3, -0.25) is 4.79 Å². The molecule has 0 atom stereocenters. The molecule has 0 aromatic heterocycles. The van der Waals surface area contributed by atoms with E-state index < -0.39 is 21.5 Å². The molecule has 0 unspecified atom stereocenters. The molecule has 6 heteroatoms. The minimum atomic E-state index is -3.50. The van der Waals surface area contributed by atoms with Crippen molar-refractivity contribution < 1.29 is 13.2 Å². The van der Waals surface area contributed by atoms with Gasteiger partial charge in [0, 0.05) is 0 Å². The molecule has 0 saturated heterocycles. The van der Waals surface area contributed by atoms with Crippen LogP contribution in [0.15, 0.2) is 29.2 Å². The van der Waals surface area contributed by atoms with E-state index in [9.17, 15) is 13.2 Å². The summed E-state index contributed by atoms with van der Waals surface area (Å²) >= 11 is 0. The SMILES string of the molecule is NN1C(=O)CS(=O)(=O)c2ccccc21. The topological polar surface area (TPSA) is 80.5 Å². The first-order chi connectivity index (χ1) is 6.52. The molecule has 1 aliphatic rings. The Bertz CT molecular complexity index is 495. The lowest BCUT2D eigenvalue weighted by atomic mass is 10.3. The van der Waals surface area contributed by atoms with Crippen LogP contribution in [-0.4, -0.2) is 20.1 Å². The van der Waals surface area contributed by atoms with E-state index in [2.05, 4.69) is 0 Å². The van der Waals surface area contributed by atoms with Gasteiger partial charge in [-0.1, -0.05) is 12.1 Å². The van der Waals surface area contributed by atoms with Crippen LogP contribution in [0, 0.1) is 0 Å². The zero-order valence-corrected chi connectivity index (χ0v) is 7.99. The van der Waals surface area contributed by atoms with E-state index in [-0.39, 0.29) is 10.6 Å². The second-order valence-electron chi connectivity index (χ2n) is 2.99. The fourth-order valence-electron chi connectivity index (χ4n) is 1.36. The molecule has 1 amide bonds. The first kappa shape index (κ1) is 9.17. The van der Waals surface area contributed by atoms with Crippen LogP contribution in [0.1, 0.15) is 0 Å². The number of fused-ring (bicyclic) bond motifs is 1. The van der Waals surface area contributed by atoms with Crippen molar-refractivity contribution >= 4 is 21.4 Å². The number of benzene rings is 1. The molecule has 74 valence electrons. The smallest absolute Gasteiger partial charge is 0.256 e. The third kappa shape index (κ3) is 1.19. The highest BCUT2D eigenvalue weighted by Crippen LogP contribution is 2.28. The monoisotopic (exact) mass is 212 g/mol. The number of carbonyl (C=O) groups is 1. The van der Waals surface area contributed by atoms with E-state index in [4.69, 9.17) is 5.84 Å². The Labute approximate surface area is 81.0 Å². The van der Waals surface area contributed by atoms with Crippen LogP contribution in [0.25, 0.3) is 0 Å². The highest BCUT2D eigenvalue weighted by Gasteiger charge is 2.32. The van der Waals surface area contributed by atoms with Crippen molar-refractivity contribution in [1.29, 1.82) is 0 Å². The average Bonchev–Trinajstić information content (AvgIpc) is 2.14. The second kappa shape index (κ2) is 2.79. The highest BCUT2D eigenvalue weighted by molar-refractivity contribution is 7.92. The number of nitrogens with zero attached hydrogens (tertiary/aromatic N) is 1. The predicted molar refractivity (Wildman–Crippen MR) is 50.2 cm³/mol. The molecular weight excluding hydrogens is 204 g/mol. The van der Waals surface area contributed by atoms with Crippen molar-refractivity contribution in [3.05, 3.63) is 24.3 Å². The second-order valence-corrected chi connectivity index (χ2v) is 4.95. The largest absolute Gasteiger partial charge is 0.272 e. The number of rotatable bonds is 0. The lowest BCUT2D eigenvalue weighted by Crippen LogP contribution is -2.45. The van der Waals surface area contributed by atoms with Gasteiger partial charge in [0.2, 0.25) is 0 Å². The maximum Gasteiger partial charge on any atom is 0.256 e. The molecule has 1 aliphatic heterocycles. The van der Waals surface area contributed by atoms with Gasteiger partial charge < -0.3 is 0 Å². The summed E-state index contributed by atoms with van der Waals surface area (Å²) < 4.78 is 23.1. The Morgan fingerprint density at radius 1 is 1.29 bits per heavy atom. The minimum absolute atomic E-state index is 0.113. The van der Waals surface area contributed by atoms with Gasteiger partial charge in [0.15, 0.2) is 9.84 Å². The van der Waals surface area contributed by atoms with E-state index in [1.807, 2.05) is 0 Å². The molecule has 1 aromatic carbocycles. The summed E-state index contributed by atoms with van der Waals surface area (Å²) in [6.45, 7) is 0. The Balaban J connectivity index is 2.74. The van der Waals surface area contributed by atoms with Crippen LogP contribution < -0.4 is 10.9 Å². The van der Waals surface area contributed by atoms with Crippen molar-refractivity contribution in [2.75, 3.05) is 10.8 Å². The summed E-state index contributed by atoms with van der Waals surface area (Å²) in [6.07, 6.45) is 0. The standard InChI is InChI=1S/C8H8N2O3S/c9-10-6-3-1-2-4-7(6)14(12,13)5-8(10)11/h1-4H,5,9H2. The maximum atomic E-state index is 11.5. The number of amides is 1. The lowest BCUT2D eigenvalue weighted by molar-refractivity contribution is -0.116. The molecular formula is C8H8N2O3S. The third-order valence-electron chi connectivity index (χ3n) is 2.04. The molecule has 0 radical (unpaired) electrons. The summed E-state index contributed by atoms with van der Waals surface area (Å²) in [5, 5.41) is 0.871. The van der Waals surface area contributed by atoms with Gasteiger partial charge >= 0.3 is 0 Å². The van der Waals surface area contributed by atoms with Crippen LogP contribution in [0.5, 0.6) is 0 Å². The number of hydrazine groups is 1.